The van der Waals surface area contributed by atoms with Crippen molar-refractivity contribution >= 4 is 21.9 Å². The third-order valence-electron chi connectivity index (χ3n) is 4.53. The molecule has 0 spiro atoms. The first kappa shape index (κ1) is 18.5. The molecule has 0 bridgehead atoms. The largest absolute Gasteiger partial charge is 0.408 e. The van der Waals surface area contributed by atoms with E-state index in [1.54, 1.807) is 26.0 Å². The Morgan fingerprint density at radius 3 is 2.46 bits per heavy atom. The zero-order chi connectivity index (χ0) is 18.9. The van der Waals surface area contributed by atoms with Gasteiger partial charge in [-0.1, -0.05) is 22.8 Å². The third-order valence-corrected chi connectivity index (χ3v) is 6.59. The van der Waals surface area contributed by atoms with Gasteiger partial charge in [0, 0.05) is 25.9 Å². The van der Waals surface area contributed by atoms with Crippen molar-refractivity contribution in [2.45, 2.75) is 38.5 Å². The molecular weight excluding hydrogens is 356 g/mol. The van der Waals surface area contributed by atoms with Gasteiger partial charge in [-0.25, -0.2) is 8.42 Å². The number of benzene rings is 1. The Hall–Kier alpha value is -2.26. The highest BCUT2D eigenvalue weighted by Gasteiger charge is 2.33. The minimum absolute atomic E-state index is 0.0674. The van der Waals surface area contributed by atoms with Crippen LogP contribution in [0.2, 0.25) is 0 Å². The second-order valence-electron chi connectivity index (χ2n) is 6.56. The summed E-state index contributed by atoms with van der Waals surface area (Å²) in [5, 5.41) is 9.98. The molecule has 0 atom stereocenters. The monoisotopic (exact) mass is 378 g/mol. The molecule has 0 saturated carbocycles. The smallest absolute Gasteiger partial charge is 0.322 e. The van der Waals surface area contributed by atoms with Crippen LogP contribution in [0.4, 0.5) is 6.01 Å². The Kier molecular flexibility index (Phi) is 5.10. The summed E-state index contributed by atoms with van der Waals surface area (Å²) in [6, 6.07) is 5.38. The molecule has 26 heavy (non-hydrogen) atoms. The lowest BCUT2D eigenvalue weighted by atomic mass is 9.97. The van der Waals surface area contributed by atoms with Gasteiger partial charge >= 0.3 is 6.01 Å². The van der Waals surface area contributed by atoms with Gasteiger partial charge < -0.3 is 4.42 Å². The van der Waals surface area contributed by atoms with Crippen LogP contribution in [0.5, 0.6) is 0 Å². The van der Waals surface area contributed by atoms with Crippen LogP contribution in [-0.4, -0.2) is 41.9 Å². The molecule has 1 saturated heterocycles. The minimum atomic E-state index is -3.55. The fraction of sp³-hybridized carbons (Fsp3) is 0.471. The normalized spacial score (nSPS) is 16.6. The Labute approximate surface area is 152 Å². The van der Waals surface area contributed by atoms with Gasteiger partial charge in [-0.2, -0.15) is 4.31 Å². The Bertz CT molecular complexity index is 915. The van der Waals surface area contributed by atoms with Crippen molar-refractivity contribution in [3.05, 3.63) is 35.2 Å². The number of nitrogens with one attached hydrogen (secondary N) is 1. The maximum absolute atomic E-state index is 12.9. The first-order valence-electron chi connectivity index (χ1n) is 8.46. The topological polar surface area (TPSA) is 105 Å². The molecule has 1 aromatic heterocycles. The average Bonchev–Trinajstić information content (AvgIpc) is 2.99. The van der Waals surface area contributed by atoms with E-state index in [9.17, 15) is 13.2 Å². The Morgan fingerprint density at radius 1 is 1.19 bits per heavy atom. The zero-order valence-electron chi connectivity index (χ0n) is 15.0. The van der Waals surface area contributed by atoms with E-state index in [1.807, 2.05) is 13.0 Å². The van der Waals surface area contributed by atoms with Crippen LogP contribution in [-0.2, 0) is 14.8 Å². The number of hydrogen-bond donors (Lipinski definition) is 1. The summed E-state index contributed by atoms with van der Waals surface area (Å²) >= 11 is 0. The van der Waals surface area contributed by atoms with Crippen molar-refractivity contribution in [2.75, 3.05) is 18.4 Å². The van der Waals surface area contributed by atoms with Gasteiger partial charge in [0.1, 0.15) is 0 Å². The summed E-state index contributed by atoms with van der Waals surface area (Å²) < 4.78 is 32.4. The van der Waals surface area contributed by atoms with Crippen molar-refractivity contribution in [1.82, 2.24) is 14.5 Å². The number of piperidine rings is 1. The van der Waals surface area contributed by atoms with Crippen molar-refractivity contribution in [2.24, 2.45) is 5.92 Å². The standard InChI is InChI=1S/C17H22N4O4S/c1-11-4-5-15(12(2)10-11)26(23,24)21-8-6-14(7-9-21)16(22)18-17-20-19-13(3)25-17/h4-5,10,14H,6-9H2,1-3H3,(H,18,20,22). The lowest BCUT2D eigenvalue weighted by Crippen LogP contribution is -2.41. The third kappa shape index (κ3) is 3.78. The van der Waals surface area contributed by atoms with Crippen molar-refractivity contribution in [3.8, 4) is 0 Å². The van der Waals surface area contributed by atoms with Gasteiger partial charge in [0.15, 0.2) is 0 Å². The molecule has 1 aliphatic rings. The Morgan fingerprint density at radius 2 is 1.88 bits per heavy atom. The predicted octanol–water partition coefficient (Wildman–Crippen LogP) is 2.03. The van der Waals surface area contributed by atoms with Crippen LogP contribution >= 0.6 is 0 Å². The minimum Gasteiger partial charge on any atom is -0.408 e. The highest BCUT2D eigenvalue weighted by molar-refractivity contribution is 7.89. The summed E-state index contributed by atoms with van der Waals surface area (Å²) in [6.07, 6.45) is 0.895. The zero-order valence-corrected chi connectivity index (χ0v) is 15.8. The molecule has 1 fully saturated rings. The number of hydrogen-bond acceptors (Lipinski definition) is 6. The molecule has 1 N–H and O–H groups in total. The van der Waals surface area contributed by atoms with Crippen LogP contribution in [0, 0.1) is 26.7 Å². The number of nitrogens with zero attached hydrogens (tertiary/aromatic N) is 3. The quantitative estimate of drug-likeness (QED) is 0.873. The van der Waals surface area contributed by atoms with Crippen LogP contribution in [0.3, 0.4) is 0 Å². The number of aryl methyl sites for hydroxylation is 3. The number of carbonyl (C=O) groups is 1. The van der Waals surface area contributed by atoms with E-state index in [-0.39, 0.29) is 17.8 Å². The molecule has 2 aromatic rings. The molecule has 2 heterocycles. The summed E-state index contributed by atoms with van der Waals surface area (Å²) in [7, 11) is -3.55. The molecule has 0 radical (unpaired) electrons. The van der Waals surface area contributed by atoms with E-state index in [0.717, 1.165) is 11.1 Å². The number of anilines is 1. The number of carbonyl (C=O) groups excluding carboxylic acids is 1. The van der Waals surface area contributed by atoms with Crippen LogP contribution in [0.15, 0.2) is 27.5 Å². The van der Waals surface area contributed by atoms with Gasteiger partial charge in [-0.3, -0.25) is 10.1 Å². The average molecular weight is 378 g/mol. The summed E-state index contributed by atoms with van der Waals surface area (Å²) in [4.78, 5) is 12.6. The maximum atomic E-state index is 12.9. The molecule has 1 amide bonds. The van der Waals surface area contributed by atoms with E-state index in [0.29, 0.717) is 36.7 Å². The predicted molar refractivity (Wildman–Crippen MR) is 95.1 cm³/mol. The van der Waals surface area contributed by atoms with E-state index < -0.39 is 10.0 Å². The molecule has 0 aliphatic carbocycles. The highest BCUT2D eigenvalue weighted by atomic mass is 32.2. The van der Waals surface area contributed by atoms with Crippen LogP contribution in [0.25, 0.3) is 0 Å². The Balaban J connectivity index is 1.65. The van der Waals surface area contributed by atoms with Crippen LogP contribution in [0.1, 0.15) is 29.9 Å². The molecule has 0 unspecified atom stereocenters. The van der Waals surface area contributed by atoms with Gasteiger partial charge in [0.05, 0.1) is 4.90 Å². The van der Waals surface area contributed by atoms with Crippen molar-refractivity contribution in [1.29, 1.82) is 0 Å². The van der Waals surface area contributed by atoms with Gasteiger partial charge in [0.2, 0.25) is 21.8 Å². The van der Waals surface area contributed by atoms with Crippen molar-refractivity contribution in [3.63, 3.8) is 0 Å². The number of rotatable bonds is 4. The van der Waals surface area contributed by atoms with Crippen molar-refractivity contribution < 1.29 is 17.6 Å². The van der Waals surface area contributed by atoms with E-state index in [2.05, 4.69) is 15.5 Å². The molecule has 9 heteroatoms. The van der Waals surface area contributed by atoms with E-state index >= 15 is 0 Å². The van der Waals surface area contributed by atoms with E-state index in [1.165, 1.54) is 4.31 Å². The number of amides is 1. The molecule has 1 aromatic carbocycles. The highest BCUT2D eigenvalue weighted by Crippen LogP contribution is 2.26. The van der Waals surface area contributed by atoms with Gasteiger partial charge in [-0.15, -0.1) is 5.10 Å². The molecule has 8 nitrogen and oxygen atoms in total. The first-order valence-corrected chi connectivity index (χ1v) is 9.90. The molecule has 1 aliphatic heterocycles. The summed E-state index contributed by atoms with van der Waals surface area (Å²) in [5.41, 5.74) is 1.75. The summed E-state index contributed by atoms with van der Waals surface area (Å²) in [5.74, 6) is -0.139. The second-order valence-corrected chi connectivity index (χ2v) is 8.47. The lowest BCUT2D eigenvalue weighted by Gasteiger charge is -2.30. The number of sulfonamides is 1. The summed E-state index contributed by atoms with van der Waals surface area (Å²) in [6.45, 7) is 5.97. The molecule has 140 valence electrons. The van der Waals surface area contributed by atoms with Gasteiger partial charge in [0.25, 0.3) is 0 Å². The SMILES string of the molecule is Cc1ccc(S(=O)(=O)N2CCC(C(=O)Nc3nnc(C)o3)CC2)c(C)c1. The van der Waals surface area contributed by atoms with Gasteiger partial charge in [-0.05, 0) is 38.3 Å². The lowest BCUT2D eigenvalue weighted by molar-refractivity contribution is -0.121. The fourth-order valence-electron chi connectivity index (χ4n) is 3.14. The number of aromatic nitrogens is 2. The first-order chi connectivity index (χ1) is 12.3. The molecule has 3 rings (SSSR count). The van der Waals surface area contributed by atoms with E-state index in [4.69, 9.17) is 4.42 Å². The van der Waals surface area contributed by atoms with Crippen LogP contribution < -0.4 is 5.32 Å². The second kappa shape index (κ2) is 7.16. The molecular formula is C17H22N4O4S. The maximum Gasteiger partial charge on any atom is 0.322 e. The fourth-order valence-corrected chi connectivity index (χ4v) is 4.82.